The standard InChI is InChI=1S/C23H15Br2IN2O3/c24-17-3-1-14(2-4-17)13-31-22-20(25)10-15(11-21(22)26)9-16(12-27)23(30)28-18-5-7-19(29)8-6-18/h1-11,29H,13H2,(H,28,30)/b16-9+. The predicted octanol–water partition coefficient (Wildman–Crippen LogP) is 6.65. The van der Waals surface area contributed by atoms with Crippen LogP contribution in [0.15, 0.2) is 75.2 Å². The van der Waals surface area contributed by atoms with Gasteiger partial charge in [-0.3, -0.25) is 4.79 Å². The fourth-order valence-electron chi connectivity index (χ4n) is 2.60. The van der Waals surface area contributed by atoms with Crippen molar-refractivity contribution in [2.45, 2.75) is 6.61 Å². The van der Waals surface area contributed by atoms with Crippen LogP contribution in [0.4, 0.5) is 5.69 Å². The summed E-state index contributed by atoms with van der Waals surface area (Å²) < 4.78 is 8.53. The molecular weight excluding hydrogens is 639 g/mol. The molecule has 0 bridgehead atoms. The first-order valence-corrected chi connectivity index (χ1v) is 11.6. The van der Waals surface area contributed by atoms with Crippen molar-refractivity contribution in [3.05, 3.63) is 89.9 Å². The van der Waals surface area contributed by atoms with Gasteiger partial charge >= 0.3 is 0 Å². The van der Waals surface area contributed by atoms with Crippen LogP contribution in [0.5, 0.6) is 11.5 Å². The Morgan fingerprint density at radius 1 is 1.13 bits per heavy atom. The zero-order valence-corrected chi connectivity index (χ0v) is 21.2. The Labute approximate surface area is 210 Å². The van der Waals surface area contributed by atoms with Gasteiger partial charge in [-0.25, -0.2) is 0 Å². The van der Waals surface area contributed by atoms with E-state index in [2.05, 4.69) is 59.8 Å². The van der Waals surface area contributed by atoms with Crippen LogP contribution < -0.4 is 10.1 Å². The zero-order chi connectivity index (χ0) is 22.4. The Hall–Kier alpha value is -2.35. The Bertz CT molecular complexity index is 1150. The molecular formula is C23H15Br2IN2O3. The van der Waals surface area contributed by atoms with E-state index >= 15 is 0 Å². The highest BCUT2D eigenvalue weighted by atomic mass is 127. The van der Waals surface area contributed by atoms with Crippen molar-refractivity contribution in [2.24, 2.45) is 0 Å². The Balaban J connectivity index is 1.76. The van der Waals surface area contributed by atoms with Gasteiger partial charge in [-0.15, -0.1) is 0 Å². The van der Waals surface area contributed by atoms with Gasteiger partial charge in [-0.05, 0) is 104 Å². The molecule has 0 radical (unpaired) electrons. The van der Waals surface area contributed by atoms with Crippen LogP contribution >= 0.6 is 54.5 Å². The number of aromatic hydroxyl groups is 1. The van der Waals surface area contributed by atoms with E-state index in [1.807, 2.05) is 36.4 Å². The van der Waals surface area contributed by atoms with Gasteiger partial charge in [0.2, 0.25) is 0 Å². The normalized spacial score (nSPS) is 11.0. The molecule has 0 atom stereocenters. The maximum absolute atomic E-state index is 12.4. The van der Waals surface area contributed by atoms with E-state index in [1.165, 1.54) is 18.2 Å². The highest BCUT2D eigenvalue weighted by Gasteiger charge is 2.13. The van der Waals surface area contributed by atoms with Crippen LogP contribution in [0.2, 0.25) is 0 Å². The molecule has 1 amide bonds. The number of nitriles is 1. The SMILES string of the molecule is N#C/C(=C\c1cc(Br)c(OCc2ccc(Br)cc2)c(I)c1)C(=O)Nc1ccc(O)cc1. The summed E-state index contributed by atoms with van der Waals surface area (Å²) in [7, 11) is 0. The van der Waals surface area contributed by atoms with Gasteiger partial charge in [-0.1, -0.05) is 28.1 Å². The maximum Gasteiger partial charge on any atom is 0.266 e. The van der Waals surface area contributed by atoms with Gasteiger partial charge in [0, 0.05) is 10.2 Å². The first kappa shape index (κ1) is 23.3. The third kappa shape index (κ3) is 6.56. The number of nitrogens with zero attached hydrogens (tertiary/aromatic N) is 1. The third-order valence-corrected chi connectivity index (χ3v) is 6.04. The van der Waals surface area contributed by atoms with Gasteiger partial charge in [-0.2, -0.15) is 5.26 Å². The number of rotatable bonds is 6. The molecule has 3 aromatic rings. The van der Waals surface area contributed by atoms with Gasteiger partial charge in [0.15, 0.2) is 0 Å². The van der Waals surface area contributed by atoms with Gasteiger partial charge in [0.1, 0.15) is 29.7 Å². The molecule has 0 saturated carbocycles. The van der Waals surface area contributed by atoms with Crippen LogP contribution in [0.1, 0.15) is 11.1 Å². The van der Waals surface area contributed by atoms with Crippen molar-refractivity contribution in [1.29, 1.82) is 5.26 Å². The number of amides is 1. The minimum absolute atomic E-state index is 0.0423. The number of carbonyl (C=O) groups is 1. The summed E-state index contributed by atoms with van der Waals surface area (Å²) in [5, 5.41) is 21.4. The molecule has 3 aromatic carbocycles. The number of carbonyl (C=O) groups excluding carboxylic acids is 1. The number of hydrogen-bond donors (Lipinski definition) is 2. The fourth-order valence-corrected chi connectivity index (χ4v) is 4.63. The smallest absolute Gasteiger partial charge is 0.266 e. The number of benzene rings is 3. The second-order valence-corrected chi connectivity index (χ2v) is 9.33. The second kappa shape index (κ2) is 10.8. The monoisotopic (exact) mass is 652 g/mol. The second-order valence-electron chi connectivity index (χ2n) is 6.40. The Morgan fingerprint density at radius 3 is 2.42 bits per heavy atom. The highest BCUT2D eigenvalue weighted by Crippen LogP contribution is 2.33. The molecule has 0 fully saturated rings. The summed E-state index contributed by atoms with van der Waals surface area (Å²) >= 11 is 9.09. The number of hydrogen-bond acceptors (Lipinski definition) is 4. The average molecular weight is 654 g/mol. The quantitative estimate of drug-likeness (QED) is 0.135. The average Bonchev–Trinajstić information content (AvgIpc) is 2.74. The van der Waals surface area contributed by atoms with E-state index < -0.39 is 5.91 Å². The predicted molar refractivity (Wildman–Crippen MR) is 136 cm³/mol. The lowest BCUT2D eigenvalue weighted by atomic mass is 10.1. The zero-order valence-electron chi connectivity index (χ0n) is 15.9. The number of phenols is 1. The van der Waals surface area contributed by atoms with E-state index in [-0.39, 0.29) is 11.3 Å². The molecule has 0 aliphatic heterocycles. The van der Waals surface area contributed by atoms with Crippen LogP contribution in [-0.2, 0) is 11.4 Å². The number of phenolic OH excluding ortho intramolecular Hbond substituents is 1. The van der Waals surface area contributed by atoms with Crippen molar-refractivity contribution < 1.29 is 14.6 Å². The van der Waals surface area contributed by atoms with Gasteiger partial charge in [0.25, 0.3) is 5.91 Å². The lowest BCUT2D eigenvalue weighted by Crippen LogP contribution is -2.13. The van der Waals surface area contributed by atoms with Crippen LogP contribution in [0.25, 0.3) is 6.08 Å². The molecule has 0 heterocycles. The lowest BCUT2D eigenvalue weighted by Gasteiger charge is -2.12. The molecule has 0 unspecified atom stereocenters. The minimum Gasteiger partial charge on any atom is -0.508 e. The van der Waals surface area contributed by atoms with Crippen molar-refractivity contribution in [1.82, 2.24) is 0 Å². The van der Waals surface area contributed by atoms with Gasteiger partial charge < -0.3 is 15.2 Å². The summed E-state index contributed by atoms with van der Waals surface area (Å²) in [6.07, 6.45) is 1.52. The molecule has 0 aliphatic rings. The third-order valence-electron chi connectivity index (χ3n) is 4.12. The van der Waals surface area contributed by atoms with E-state index in [9.17, 15) is 15.2 Å². The van der Waals surface area contributed by atoms with Crippen LogP contribution in [0, 0.1) is 14.9 Å². The summed E-state index contributed by atoms with van der Waals surface area (Å²) in [4.78, 5) is 12.4. The molecule has 156 valence electrons. The summed E-state index contributed by atoms with van der Waals surface area (Å²) in [6, 6.07) is 19.5. The van der Waals surface area contributed by atoms with E-state index in [0.29, 0.717) is 23.6 Å². The molecule has 0 aromatic heterocycles. The van der Waals surface area contributed by atoms with Crippen molar-refractivity contribution >= 4 is 72.1 Å². The molecule has 31 heavy (non-hydrogen) atoms. The highest BCUT2D eigenvalue weighted by molar-refractivity contribution is 14.1. The first-order chi connectivity index (χ1) is 14.9. The molecule has 0 saturated heterocycles. The number of ether oxygens (including phenoxy) is 1. The molecule has 3 rings (SSSR count). The Morgan fingerprint density at radius 2 is 1.81 bits per heavy atom. The maximum atomic E-state index is 12.4. The fraction of sp³-hybridized carbons (Fsp3) is 0.0435. The molecule has 0 spiro atoms. The molecule has 8 heteroatoms. The van der Waals surface area contributed by atoms with E-state index in [0.717, 1.165) is 18.1 Å². The summed E-state index contributed by atoms with van der Waals surface area (Å²) in [5.41, 5.74) is 2.16. The largest absolute Gasteiger partial charge is 0.508 e. The van der Waals surface area contributed by atoms with Crippen molar-refractivity contribution in [2.75, 3.05) is 5.32 Å². The summed E-state index contributed by atoms with van der Waals surface area (Å²) in [5.74, 6) is 0.249. The topological polar surface area (TPSA) is 82.3 Å². The van der Waals surface area contributed by atoms with E-state index in [1.54, 1.807) is 18.2 Å². The van der Waals surface area contributed by atoms with Crippen LogP contribution in [-0.4, -0.2) is 11.0 Å². The summed E-state index contributed by atoms with van der Waals surface area (Å²) in [6.45, 7) is 0.412. The molecule has 5 nitrogen and oxygen atoms in total. The van der Waals surface area contributed by atoms with Crippen molar-refractivity contribution in [3.63, 3.8) is 0 Å². The Kier molecular flexibility index (Phi) is 8.12. The lowest BCUT2D eigenvalue weighted by molar-refractivity contribution is -0.112. The van der Waals surface area contributed by atoms with Gasteiger partial charge in [0.05, 0.1) is 8.04 Å². The van der Waals surface area contributed by atoms with E-state index in [4.69, 9.17) is 4.74 Å². The molecule has 2 N–H and O–H groups in total. The number of nitrogens with one attached hydrogen (secondary N) is 1. The first-order valence-electron chi connectivity index (χ1n) is 8.94. The molecule has 0 aliphatic carbocycles. The number of halogens is 3. The number of anilines is 1. The van der Waals surface area contributed by atoms with Crippen LogP contribution in [0.3, 0.4) is 0 Å². The van der Waals surface area contributed by atoms with Crippen molar-refractivity contribution in [3.8, 4) is 17.6 Å². The minimum atomic E-state index is -0.533.